The molecule has 0 saturated heterocycles. The van der Waals surface area contributed by atoms with Crippen molar-refractivity contribution < 1.29 is 4.79 Å². The Kier molecular flexibility index (Phi) is 2.88. The Bertz CT molecular complexity index is 551. The number of carbonyl (C=O) groups excluding carboxylic acids is 1. The first-order valence-electron chi connectivity index (χ1n) is 5.00. The number of H-pyrrole nitrogens is 1. The van der Waals surface area contributed by atoms with Gasteiger partial charge in [-0.2, -0.15) is 5.26 Å². The number of benzene rings is 1. The average Bonchev–Trinajstić information content (AvgIpc) is 2.70. The van der Waals surface area contributed by atoms with Crippen LogP contribution in [0.25, 0.3) is 10.9 Å². The first-order chi connectivity index (χ1) is 7.81. The van der Waals surface area contributed by atoms with E-state index in [0.29, 0.717) is 6.54 Å². The summed E-state index contributed by atoms with van der Waals surface area (Å²) in [6, 6.07) is 9.70. The molecule has 1 aromatic carbocycles. The van der Waals surface area contributed by atoms with E-state index in [1.54, 1.807) is 0 Å². The SMILES string of the molecule is N#CCC(=O)NCc1c[nH]c2ccccc12. The predicted octanol–water partition coefficient (Wildman–Crippen LogP) is 1.70. The quantitative estimate of drug-likeness (QED) is 0.814. The first kappa shape index (κ1) is 10.2. The summed E-state index contributed by atoms with van der Waals surface area (Å²) in [6.07, 6.45) is 1.78. The van der Waals surface area contributed by atoms with Gasteiger partial charge in [0.2, 0.25) is 5.91 Å². The number of carbonyl (C=O) groups is 1. The van der Waals surface area contributed by atoms with Gasteiger partial charge >= 0.3 is 0 Å². The largest absolute Gasteiger partial charge is 0.361 e. The minimum atomic E-state index is -0.243. The van der Waals surface area contributed by atoms with Gasteiger partial charge in [0.05, 0.1) is 6.07 Å². The Balaban J connectivity index is 2.11. The molecule has 1 amide bonds. The second kappa shape index (κ2) is 4.49. The fraction of sp³-hybridized carbons (Fsp3) is 0.167. The van der Waals surface area contributed by atoms with Crippen molar-refractivity contribution in [3.63, 3.8) is 0 Å². The normalized spacial score (nSPS) is 9.94. The molecule has 2 N–H and O–H groups in total. The van der Waals surface area contributed by atoms with E-state index in [2.05, 4.69) is 10.3 Å². The second-order valence-corrected chi connectivity index (χ2v) is 3.47. The number of hydrogen-bond acceptors (Lipinski definition) is 2. The number of amides is 1. The molecule has 2 aromatic rings. The highest BCUT2D eigenvalue weighted by Gasteiger charge is 2.04. The van der Waals surface area contributed by atoms with E-state index in [1.165, 1.54) is 0 Å². The van der Waals surface area contributed by atoms with E-state index >= 15 is 0 Å². The topological polar surface area (TPSA) is 68.7 Å². The van der Waals surface area contributed by atoms with Gasteiger partial charge in [-0.1, -0.05) is 18.2 Å². The Morgan fingerprint density at radius 3 is 3.06 bits per heavy atom. The Hall–Kier alpha value is -2.28. The summed E-state index contributed by atoms with van der Waals surface area (Å²) < 4.78 is 0. The average molecular weight is 213 g/mol. The van der Waals surface area contributed by atoms with Crippen LogP contribution in [0.4, 0.5) is 0 Å². The summed E-state index contributed by atoms with van der Waals surface area (Å²) in [6.45, 7) is 0.449. The molecule has 0 saturated carbocycles. The summed E-state index contributed by atoms with van der Waals surface area (Å²) in [7, 11) is 0. The monoisotopic (exact) mass is 213 g/mol. The van der Waals surface area contributed by atoms with Crippen molar-refractivity contribution >= 4 is 16.8 Å². The van der Waals surface area contributed by atoms with Crippen molar-refractivity contribution in [2.24, 2.45) is 0 Å². The molecular formula is C12H11N3O. The van der Waals surface area contributed by atoms with Crippen molar-refractivity contribution in [2.45, 2.75) is 13.0 Å². The highest BCUT2D eigenvalue weighted by molar-refractivity contribution is 5.84. The fourth-order valence-corrected chi connectivity index (χ4v) is 1.61. The lowest BCUT2D eigenvalue weighted by atomic mass is 10.2. The Morgan fingerprint density at radius 2 is 2.25 bits per heavy atom. The third kappa shape index (κ3) is 2.04. The van der Waals surface area contributed by atoms with Crippen molar-refractivity contribution in [1.29, 1.82) is 5.26 Å². The minimum Gasteiger partial charge on any atom is -0.361 e. The van der Waals surface area contributed by atoms with Crippen LogP contribution in [0.2, 0.25) is 0 Å². The number of nitrogens with zero attached hydrogens (tertiary/aromatic N) is 1. The van der Waals surface area contributed by atoms with Crippen molar-refractivity contribution in [1.82, 2.24) is 10.3 Å². The standard InChI is InChI=1S/C12H11N3O/c13-6-5-12(16)15-8-9-7-14-11-4-2-1-3-10(9)11/h1-4,7,14H,5,8H2,(H,15,16). The molecule has 2 rings (SSSR count). The first-order valence-corrected chi connectivity index (χ1v) is 5.00. The molecule has 16 heavy (non-hydrogen) atoms. The molecule has 0 aliphatic rings. The van der Waals surface area contributed by atoms with E-state index in [4.69, 9.17) is 5.26 Å². The van der Waals surface area contributed by atoms with E-state index in [9.17, 15) is 4.79 Å². The van der Waals surface area contributed by atoms with E-state index in [1.807, 2.05) is 36.5 Å². The zero-order valence-corrected chi connectivity index (χ0v) is 8.66. The van der Waals surface area contributed by atoms with Gasteiger partial charge in [0, 0.05) is 23.6 Å². The molecule has 0 aliphatic heterocycles. The predicted molar refractivity (Wildman–Crippen MR) is 60.4 cm³/mol. The second-order valence-electron chi connectivity index (χ2n) is 3.47. The number of hydrogen-bond donors (Lipinski definition) is 2. The minimum absolute atomic E-state index is 0.0949. The van der Waals surface area contributed by atoms with Gasteiger partial charge in [0.15, 0.2) is 0 Å². The van der Waals surface area contributed by atoms with Crippen LogP contribution in [0.15, 0.2) is 30.5 Å². The van der Waals surface area contributed by atoms with Gasteiger partial charge in [0.25, 0.3) is 0 Å². The maximum Gasteiger partial charge on any atom is 0.234 e. The van der Waals surface area contributed by atoms with Crippen LogP contribution in [-0.2, 0) is 11.3 Å². The number of aromatic amines is 1. The van der Waals surface area contributed by atoms with Gasteiger partial charge in [-0.3, -0.25) is 4.79 Å². The molecule has 0 spiro atoms. The highest BCUT2D eigenvalue weighted by Crippen LogP contribution is 2.17. The Labute approximate surface area is 92.9 Å². The number of aromatic nitrogens is 1. The third-order valence-electron chi connectivity index (χ3n) is 2.39. The van der Waals surface area contributed by atoms with E-state index in [-0.39, 0.29) is 12.3 Å². The maximum absolute atomic E-state index is 11.1. The number of nitrogens with one attached hydrogen (secondary N) is 2. The summed E-state index contributed by atoms with van der Waals surface area (Å²) in [5.74, 6) is -0.243. The van der Waals surface area contributed by atoms with Gasteiger partial charge in [0.1, 0.15) is 6.42 Å². The number of rotatable bonds is 3. The zero-order chi connectivity index (χ0) is 11.4. The van der Waals surface area contributed by atoms with Gasteiger partial charge < -0.3 is 10.3 Å². The lowest BCUT2D eigenvalue weighted by molar-refractivity contribution is -0.120. The third-order valence-corrected chi connectivity index (χ3v) is 2.39. The molecule has 0 radical (unpaired) electrons. The van der Waals surface area contributed by atoms with Crippen LogP contribution in [0.3, 0.4) is 0 Å². The van der Waals surface area contributed by atoms with Crippen LogP contribution >= 0.6 is 0 Å². The molecule has 0 bridgehead atoms. The lowest BCUT2D eigenvalue weighted by Gasteiger charge is -2.00. The van der Waals surface area contributed by atoms with Crippen LogP contribution in [0.1, 0.15) is 12.0 Å². The molecule has 0 aliphatic carbocycles. The summed E-state index contributed by atoms with van der Waals surface area (Å²) >= 11 is 0. The van der Waals surface area contributed by atoms with Crippen molar-refractivity contribution in [3.05, 3.63) is 36.0 Å². The van der Waals surface area contributed by atoms with E-state index in [0.717, 1.165) is 16.5 Å². The zero-order valence-electron chi connectivity index (χ0n) is 8.66. The summed E-state index contributed by atoms with van der Waals surface area (Å²) in [4.78, 5) is 14.3. The van der Waals surface area contributed by atoms with Crippen LogP contribution < -0.4 is 5.32 Å². The van der Waals surface area contributed by atoms with Crippen molar-refractivity contribution in [3.8, 4) is 6.07 Å². The summed E-state index contributed by atoms with van der Waals surface area (Å²) in [5, 5.41) is 12.1. The summed E-state index contributed by atoms with van der Waals surface area (Å²) in [5.41, 5.74) is 2.08. The molecule has 1 heterocycles. The van der Waals surface area contributed by atoms with Gasteiger partial charge in [-0.05, 0) is 11.6 Å². The van der Waals surface area contributed by atoms with Crippen LogP contribution in [0.5, 0.6) is 0 Å². The molecule has 1 aromatic heterocycles. The molecule has 0 fully saturated rings. The number of para-hydroxylation sites is 1. The molecule has 0 atom stereocenters. The van der Waals surface area contributed by atoms with Crippen LogP contribution in [-0.4, -0.2) is 10.9 Å². The smallest absolute Gasteiger partial charge is 0.234 e. The van der Waals surface area contributed by atoms with E-state index < -0.39 is 0 Å². The molecule has 0 unspecified atom stereocenters. The highest BCUT2D eigenvalue weighted by atomic mass is 16.1. The fourth-order valence-electron chi connectivity index (χ4n) is 1.61. The Morgan fingerprint density at radius 1 is 1.44 bits per heavy atom. The number of fused-ring (bicyclic) bond motifs is 1. The number of nitriles is 1. The molecule has 80 valence electrons. The molecule has 4 heteroatoms. The maximum atomic E-state index is 11.1. The lowest BCUT2D eigenvalue weighted by Crippen LogP contribution is -2.21. The molecular weight excluding hydrogens is 202 g/mol. The van der Waals surface area contributed by atoms with Gasteiger partial charge in [-0.15, -0.1) is 0 Å². The molecule has 4 nitrogen and oxygen atoms in total. The van der Waals surface area contributed by atoms with Gasteiger partial charge in [-0.25, -0.2) is 0 Å². The van der Waals surface area contributed by atoms with Crippen molar-refractivity contribution in [2.75, 3.05) is 0 Å². The van der Waals surface area contributed by atoms with Crippen LogP contribution in [0, 0.1) is 11.3 Å².